The van der Waals surface area contributed by atoms with Gasteiger partial charge < -0.3 is 34.4 Å². The molecule has 11 nitrogen and oxygen atoms in total. The van der Waals surface area contributed by atoms with Gasteiger partial charge in [-0.1, -0.05) is 0 Å². The summed E-state index contributed by atoms with van der Waals surface area (Å²) >= 11 is 0. The summed E-state index contributed by atoms with van der Waals surface area (Å²) in [7, 11) is 2.18. The van der Waals surface area contributed by atoms with E-state index in [4.69, 9.17) is 9.47 Å². The Labute approximate surface area is 247 Å². The number of fused-ring (bicyclic) bond motifs is 1. The Balaban J connectivity index is 0.984. The summed E-state index contributed by atoms with van der Waals surface area (Å²) in [6.07, 6.45) is 6.12. The Morgan fingerprint density at radius 1 is 0.976 bits per heavy atom. The van der Waals surface area contributed by atoms with Crippen molar-refractivity contribution in [3.8, 4) is 5.75 Å². The Morgan fingerprint density at radius 3 is 2.55 bits per heavy atom. The van der Waals surface area contributed by atoms with Crippen LogP contribution in [0.2, 0.25) is 0 Å². The molecule has 3 fully saturated rings. The molecule has 224 valence electrons. The van der Waals surface area contributed by atoms with E-state index in [9.17, 15) is 4.79 Å². The fourth-order valence-electron chi connectivity index (χ4n) is 6.02. The number of nitrogens with zero attached hydrogens (tertiary/aromatic N) is 7. The molecule has 3 aliphatic rings. The van der Waals surface area contributed by atoms with Crippen molar-refractivity contribution in [2.45, 2.75) is 25.2 Å². The van der Waals surface area contributed by atoms with Crippen LogP contribution in [0.1, 0.15) is 30.9 Å². The first-order valence-corrected chi connectivity index (χ1v) is 15.3. The van der Waals surface area contributed by atoms with Gasteiger partial charge in [0, 0.05) is 76.3 Å². The van der Waals surface area contributed by atoms with E-state index in [0.717, 1.165) is 93.2 Å². The fraction of sp³-hybridized carbons (Fsp3) is 0.548. The van der Waals surface area contributed by atoms with Gasteiger partial charge in [-0.15, -0.1) is 0 Å². The predicted octanol–water partition coefficient (Wildman–Crippen LogP) is 3.29. The molecule has 0 bridgehead atoms. The molecule has 0 saturated carbocycles. The van der Waals surface area contributed by atoms with Crippen molar-refractivity contribution in [1.29, 1.82) is 0 Å². The third kappa shape index (κ3) is 7.08. The minimum absolute atomic E-state index is 0.0867. The number of carbonyl (C=O) groups is 1. The molecule has 2 aromatic heterocycles. The van der Waals surface area contributed by atoms with Gasteiger partial charge in [0.15, 0.2) is 0 Å². The molecule has 1 aromatic carbocycles. The minimum Gasteiger partial charge on any atom is -0.493 e. The number of nitrogens with one attached hydrogen (secondary N) is 1. The normalized spacial score (nSPS) is 19.3. The van der Waals surface area contributed by atoms with Crippen LogP contribution in [0.25, 0.3) is 10.9 Å². The molecular formula is C31H42N8O3. The van der Waals surface area contributed by atoms with Crippen LogP contribution in [0.5, 0.6) is 5.75 Å². The number of amides is 2. The lowest BCUT2D eigenvalue weighted by Crippen LogP contribution is -2.44. The van der Waals surface area contributed by atoms with Crippen molar-refractivity contribution in [3.63, 3.8) is 0 Å². The van der Waals surface area contributed by atoms with Crippen LogP contribution in [0.4, 0.5) is 16.3 Å². The molecule has 3 aromatic rings. The van der Waals surface area contributed by atoms with Crippen molar-refractivity contribution in [2.24, 2.45) is 0 Å². The van der Waals surface area contributed by atoms with Crippen molar-refractivity contribution in [3.05, 3.63) is 48.5 Å². The maximum Gasteiger partial charge on any atom is 0.321 e. The van der Waals surface area contributed by atoms with Gasteiger partial charge in [-0.2, -0.15) is 0 Å². The number of benzene rings is 1. The number of piperidine rings is 1. The first-order chi connectivity index (χ1) is 20.6. The number of likely N-dealkylation sites (tertiary alicyclic amines) is 1. The van der Waals surface area contributed by atoms with Crippen LogP contribution in [0.15, 0.2) is 42.9 Å². The first kappa shape index (κ1) is 28.6. The Kier molecular flexibility index (Phi) is 9.27. The molecule has 0 spiro atoms. The first-order valence-electron chi connectivity index (χ1n) is 15.3. The van der Waals surface area contributed by atoms with Gasteiger partial charge in [0.2, 0.25) is 0 Å². The number of carbonyl (C=O) groups excluding carboxylic acids is 1. The largest absolute Gasteiger partial charge is 0.493 e. The smallest absolute Gasteiger partial charge is 0.321 e. The topological polar surface area (TPSA) is 99.2 Å². The summed E-state index contributed by atoms with van der Waals surface area (Å²) in [6.45, 7) is 10.8. The number of pyridine rings is 1. The highest BCUT2D eigenvalue weighted by molar-refractivity contribution is 5.89. The molecule has 3 aliphatic heterocycles. The van der Waals surface area contributed by atoms with Gasteiger partial charge in [0.1, 0.15) is 17.9 Å². The highest BCUT2D eigenvalue weighted by Crippen LogP contribution is 2.32. The zero-order valence-electron chi connectivity index (χ0n) is 24.6. The van der Waals surface area contributed by atoms with E-state index >= 15 is 0 Å². The van der Waals surface area contributed by atoms with E-state index in [1.807, 2.05) is 29.2 Å². The molecular weight excluding hydrogens is 532 g/mol. The number of morpholine rings is 1. The van der Waals surface area contributed by atoms with Crippen molar-refractivity contribution in [1.82, 2.24) is 29.7 Å². The Hall–Kier alpha value is -3.54. The summed E-state index contributed by atoms with van der Waals surface area (Å²) < 4.78 is 11.5. The molecule has 1 N–H and O–H groups in total. The molecule has 3 saturated heterocycles. The van der Waals surface area contributed by atoms with Gasteiger partial charge in [-0.25, -0.2) is 19.7 Å². The molecule has 0 unspecified atom stereocenters. The van der Waals surface area contributed by atoms with Crippen LogP contribution in [0.3, 0.4) is 0 Å². The maximum atomic E-state index is 13.0. The summed E-state index contributed by atoms with van der Waals surface area (Å²) in [5.41, 5.74) is 2.67. The molecule has 6 rings (SSSR count). The lowest BCUT2D eigenvalue weighted by Gasteiger charge is -2.32. The molecule has 0 atom stereocenters. The average molecular weight is 575 g/mol. The van der Waals surface area contributed by atoms with Gasteiger partial charge in [0.25, 0.3) is 0 Å². The maximum absolute atomic E-state index is 13.0. The van der Waals surface area contributed by atoms with E-state index in [2.05, 4.69) is 48.1 Å². The SMILES string of the molecule is CN1CCN(CCCOc2ccc3c(C4CCN(C(=O)Nc5ccc(N6CCOCC6)nc5)CC4)ncnc3c2)CC1. The fourth-order valence-corrected chi connectivity index (χ4v) is 6.02. The van der Waals surface area contributed by atoms with Crippen LogP contribution < -0.4 is 15.0 Å². The van der Waals surface area contributed by atoms with Gasteiger partial charge in [0.05, 0.1) is 42.9 Å². The van der Waals surface area contributed by atoms with Crippen molar-refractivity contribution >= 4 is 28.4 Å². The molecule has 42 heavy (non-hydrogen) atoms. The Morgan fingerprint density at radius 2 is 1.79 bits per heavy atom. The summed E-state index contributed by atoms with van der Waals surface area (Å²) in [5, 5.41) is 4.08. The summed E-state index contributed by atoms with van der Waals surface area (Å²) in [4.78, 5) is 35.7. The number of urea groups is 1. The second-order valence-corrected chi connectivity index (χ2v) is 11.5. The number of ether oxygens (including phenoxy) is 2. The van der Waals surface area contributed by atoms with E-state index in [-0.39, 0.29) is 11.9 Å². The number of piperazine rings is 1. The predicted molar refractivity (Wildman–Crippen MR) is 163 cm³/mol. The van der Waals surface area contributed by atoms with E-state index < -0.39 is 0 Å². The summed E-state index contributed by atoms with van der Waals surface area (Å²) in [5.74, 6) is 2.04. The summed E-state index contributed by atoms with van der Waals surface area (Å²) in [6, 6.07) is 9.94. The Bertz CT molecular complexity index is 1320. The highest BCUT2D eigenvalue weighted by Gasteiger charge is 2.26. The highest BCUT2D eigenvalue weighted by atomic mass is 16.5. The second-order valence-electron chi connectivity index (χ2n) is 11.5. The number of rotatable bonds is 8. The van der Waals surface area contributed by atoms with E-state index in [1.165, 1.54) is 0 Å². The monoisotopic (exact) mass is 574 g/mol. The average Bonchev–Trinajstić information content (AvgIpc) is 3.04. The van der Waals surface area contributed by atoms with E-state index in [0.29, 0.717) is 38.6 Å². The standard InChI is InChI=1S/C31H42N8O3/c1-36-12-14-37(15-13-36)9-2-18-42-26-4-5-27-28(21-26)33-23-34-30(27)24-7-10-39(11-8-24)31(40)35-25-3-6-29(32-22-25)38-16-19-41-20-17-38/h3-6,21-24H,2,7-20H2,1H3,(H,35,40). The molecule has 0 radical (unpaired) electrons. The quantitative estimate of drug-likeness (QED) is 0.407. The molecule has 0 aliphatic carbocycles. The second kappa shape index (κ2) is 13.6. The molecule has 5 heterocycles. The van der Waals surface area contributed by atoms with E-state index in [1.54, 1.807) is 12.5 Å². The van der Waals surface area contributed by atoms with Gasteiger partial charge in [-0.05, 0) is 50.6 Å². The number of hydrogen-bond donors (Lipinski definition) is 1. The van der Waals surface area contributed by atoms with Gasteiger partial charge >= 0.3 is 6.03 Å². The van der Waals surface area contributed by atoms with Crippen LogP contribution in [0, 0.1) is 0 Å². The van der Waals surface area contributed by atoms with Crippen LogP contribution in [-0.2, 0) is 4.74 Å². The van der Waals surface area contributed by atoms with Crippen LogP contribution >= 0.6 is 0 Å². The van der Waals surface area contributed by atoms with Crippen molar-refractivity contribution in [2.75, 3.05) is 96.0 Å². The van der Waals surface area contributed by atoms with Crippen molar-refractivity contribution < 1.29 is 14.3 Å². The lowest BCUT2D eigenvalue weighted by molar-refractivity contribution is 0.122. The van der Waals surface area contributed by atoms with Gasteiger partial charge in [-0.3, -0.25) is 0 Å². The molecule has 2 amide bonds. The zero-order chi connectivity index (χ0) is 28.7. The lowest BCUT2D eigenvalue weighted by atomic mass is 9.91. The van der Waals surface area contributed by atoms with Crippen LogP contribution in [-0.4, -0.2) is 121 Å². The third-order valence-electron chi connectivity index (χ3n) is 8.63. The zero-order valence-corrected chi connectivity index (χ0v) is 24.6. The third-order valence-corrected chi connectivity index (χ3v) is 8.63. The minimum atomic E-state index is -0.0867. The number of hydrogen-bond acceptors (Lipinski definition) is 9. The number of likely N-dealkylation sites (N-methyl/N-ethyl adjacent to an activating group) is 1. The number of aromatic nitrogens is 3. The number of anilines is 2. The molecule has 11 heteroatoms.